The van der Waals surface area contributed by atoms with Crippen LogP contribution in [-0.4, -0.2) is 72.7 Å². The van der Waals surface area contributed by atoms with Gasteiger partial charge in [0.15, 0.2) is 0 Å². The van der Waals surface area contributed by atoms with Gasteiger partial charge in [0.1, 0.15) is 12.1 Å². The van der Waals surface area contributed by atoms with E-state index >= 15 is 0 Å². The molecule has 0 saturated carbocycles. The van der Waals surface area contributed by atoms with Crippen LogP contribution in [0.15, 0.2) is 61.1 Å². The van der Waals surface area contributed by atoms with Gasteiger partial charge in [-0.3, -0.25) is 4.98 Å². The van der Waals surface area contributed by atoms with E-state index in [1.807, 2.05) is 43.6 Å². The minimum Gasteiger partial charge on any atom is -0.494 e. The minimum atomic E-state index is -0.121. The molecule has 40 heavy (non-hydrogen) atoms. The van der Waals surface area contributed by atoms with Crippen LogP contribution < -0.4 is 25.6 Å². The summed E-state index contributed by atoms with van der Waals surface area (Å²) in [5.74, 6) is 1.61. The first-order chi connectivity index (χ1) is 19.2. The molecular formula is C30H37N9O. The Labute approximate surface area is 235 Å². The fourth-order valence-electron chi connectivity index (χ4n) is 4.95. The molecule has 2 aromatic heterocycles. The molecule has 0 aliphatic carbocycles. The maximum Gasteiger partial charge on any atom is 0.234 e. The largest absolute Gasteiger partial charge is 0.494 e. The summed E-state index contributed by atoms with van der Waals surface area (Å²) < 4.78 is 5.70. The topological polar surface area (TPSA) is 109 Å². The normalized spacial score (nSPS) is 13.8. The summed E-state index contributed by atoms with van der Waals surface area (Å²) >= 11 is 0. The molecule has 0 amide bonds. The lowest BCUT2D eigenvalue weighted by Gasteiger charge is -2.24. The Balaban J connectivity index is 1.44. The van der Waals surface area contributed by atoms with Crippen molar-refractivity contribution in [1.29, 1.82) is 0 Å². The van der Waals surface area contributed by atoms with Gasteiger partial charge < -0.3 is 30.5 Å². The van der Waals surface area contributed by atoms with Gasteiger partial charge in [0.2, 0.25) is 11.9 Å². The predicted octanol–water partition coefficient (Wildman–Crippen LogP) is 4.70. The number of methoxy groups -OCH3 is 1. The molecule has 0 saturated heterocycles. The Hall–Kier alpha value is -4.44. The van der Waals surface area contributed by atoms with Gasteiger partial charge in [-0.2, -0.15) is 4.98 Å². The van der Waals surface area contributed by atoms with Crippen LogP contribution in [0.4, 0.5) is 34.6 Å². The second kappa shape index (κ2) is 11.0. The molecule has 4 aromatic rings. The molecule has 2 aromatic carbocycles. The van der Waals surface area contributed by atoms with Crippen molar-refractivity contribution in [2.45, 2.75) is 19.3 Å². The highest BCUT2D eigenvalue weighted by molar-refractivity contribution is 5.79. The van der Waals surface area contributed by atoms with E-state index in [1.165, 1.54) is 6.33 Å². The Kier molecular flexibility index (Phi) is 7.44. The summed E-state index contributed by atoms with van der Waals surface area (Å²) in [6, 6.07) is 16.1. The summed E-state index contributed by atoms with van der Waals surface area (Å²) in [4.78, 5) is 24.9. The molecule has 10 heteroatoms. The number of nitrogen functional groups attached to an aromatic ring is 1. The van der Waals surface area contributed by atoms with Crippen LogP contribution in [-0.2, 0) is 5.41 Å². The summed E-state index contributed by atoms with van der Waals surface area (Å²) in [7, 11) is 7.76. The first-order valence-electron chi connectivity index (χ1n) is 13.3. The number of pyridine rings is 1. The number of nitrogens with one attached hydrogen (secondary N) is 1. The third kappa shape index (κ3) is 5.48. The number of hydrogen-bond donors (Lipinski definition) is 2. The molecule has 0 unspecified atom stereocenters. The van der Waals surface area contributed by atoms with E-state index in [0.717, 1.165) is 47.8 Å². The zero-order valence-electron chi connectivity index (χ0n) is 24.0. The predicted molar refractivity (Wildman–Crippen MR) is 162 cm³/mol. The van der Waals surface area contributed by atoms with Crippen molar-refractivity contribution < 1.29 is 4.74 Å². The fourth-order valence-corrected chi connectivity index (χ4v) is 4.95. The highest BCUT2D eigenvalue weighted by Gasteiger charge is 2.37. The summed E-state index contributed by atoms with van der Waals surface area (Å²) in [5, 5.41) is 3.29. The van der Waals surface area contributed by atoms with Crippen molar-refractivity contribution >= 4 is 34.6 Å². The first-order valence-corrected chi connectivity index (χ1v) is 13.3. The summed E-state index contributed by atoms with van der Waals surface area (Å²) in [5.41, 5.74) is 12.7. The zero-order chi connectivity index (χ0) is 28.4. The number of benzene rings is 2. The molecule has 1 aliphatic rings. The Morgan fingerprint density at radius 3 is 2.52 bits per heavy atom. The first kappa shape index (κ1) is 27.1. The quantitative estimate of drug-likeness (QED) is 0.291. The lowest BCUT2D eigenvalue weighted by Crippen LogP contribution is -2.29. The second-order valence-corrected chi connectivity index (χ2v) is 11.0. The molecule has 0 radical (unpaired) electrons. The van der Waals surface area contributed by atoms with E-state index in [1.54, 1.807) is 7.11 Å². The van der Waals surface area contributed by atoms with E-state index < -0.39 is 0 Å². The van der Waals surface area contributed by atoms with Gasteiger partial charge in [-0.15, -0.1) is 0 Å². The third-order valence-corrected chi connectivity index (χ3v) is 7.21. The number of ether oxygens (including phenoxy) is 1. The number of nitrogens with two attached hydrogens (primary N) is 1. The second-order valence-electron chi connectivity index (χ2n) is 11.0. The number of aromatic nitrogens is 4. The molecule has 10 nitrogen and oxygen atoms in total. The molecule has 0 atom stereocenters. The molecule has 0 fully saturated rings. The molecular weight excluding hydrogens is 502 g/mol. The zero-order valence-corrected chi connectivity index (χ0v) is 24.0. The molecule has 208 valence electrons. The molecule has 5 rings (SSSR count). The van der Waals surface area contributed by atoms with Gasteiger partial charge in [-0.25, -0.2) is 9.97 Å². The Morgan fingerprint density at radius 1 is 1.02 bits per heavy atom. The SMILES string of the molecule is COc1cc(N(C)CCN(C)C)c(N)cc1Nc1ncnc(N2CC(C)(C)c3cnc(-c4ccccc4)cc32)n1. The summed E-state index contributed by atoms with van der Waals surface area (Å²) in [6.45, 7) is 6.88. The van der Waals surface area contributed by atoms with Crippen molar-refractivity contribution in [3.8, 4) is 17.0 Å². The van der Waals surface area contributed by atoms with Crippen LogP contribution in [0.25, 0.3) is 11.3 Å². The lowest BCUT2D eigenvalue weighted by atomic mass is 9.88. The van der Waals surface area contributed by atoms with Gasteiger partial charge in [0, 0.05) is 55.5 Å². The van der Waals surface area contributed by atoms with E-state index in [9.17, 15) is 0 Å². The van der Waals surface area contributed by atoms with Gasteiger partial charge >= 0.3 is 0 Å². The van der Waals surface area contributed by atoms with Crippen LogP contribution >= 0.6 is 0 Å². The monoisotopic (exact) mass is 539 g/mol. The number of rotatable bonds is 9. The van der Waals surface area contributed by atoms with E-state index in [2.05, 4.69) is 76.1 Å². The van der Waals surface area contributed by atoms with Crippen LogP contribution in [0, 0.1) is 0 Å². The fraction of sp³-hybridized carbons (Fsp3) is 0.333. The lowest BCUT2D eigenvalue weighted by molar-refractivity contribution is 0.413. The number of nitrogens with zero attached hydrogens (tertiary/aromatic N) is 7. The van der Waals surface area contributed by atoms with E-state index in [4.69, 9.17) is 20.4 Å². The number of anilines is 6. The van der Waals surface area contributed by atoms with E-state index in [-0.39, 0.29) is 5.41 Å². The highest BCUT2D eigenvalue weighted by atomic mass is 16.5. The van der Waals surface area contributed by atoms with Crippen LogP contribution in [0.5, 0.6) is 5.75 Å². The third-order valence-electron chi connectivity index (χ3n) is 7.21. The standard InChI is InChI=1S/C30H37N9O/c1-30(2)18-39(25-15-23(32-17-21(25)30)20-10-8-7-9-11-20)29-34-19-33-28(36-29)35-24-14-22(31)26(16-27(24)40-6)38(5)13-12-37(3)4/h7-11,14-17,19H,12-13,18,31H2,1-6H3,(H,33,34,35,36). The Bertz CT molecular complexity index is 1490. The minimum absolute atomic E-state index is 0.121. The van der Waals surface area contributed by atoms with Crippen LogP contribution in [0.3, 0.4) is 0 Å². The van der Waals surface area contributed by atoms with Crippen molar-refractivity contribution in [3.63, 3.8) is 0 Å². The van der Waals surface area contributed by atoms with Crippen molar-refractivity contribution in [2.24, 2.45) is 0 Å². The van der Waals surface area contributed by atoms with Gasteiger partial charge in [-0.1, -0.05) is 44.2 Å². The van der Waals surface area contributed by atoms with Gasteiger partial charge in [-0.05, 0) is 26.2 Å². The molecule has 1 aliphatic heterocycles. The smallest absolute Gasteiger partial charge is 0.234 e. The van der Waals surface area contributed by atoms with Gasteiger partial charge in [0.05, 0.1) is 35.6 Å². The average molecular weight is 540 g/mol. The van der Waals surface area contributed by atoms with Crippen molar-refractivity contribution in [3.05, 3.63) is 66.6 Å². The number of likely N-dealkylation sites (N-methyl/N-ethyl adjacent to an activating group) is 2. The van der Waals surface area contributed by atoms with Crippen molar-refractivity contribution in [1.82, 2.24) is 24.8 Å². The highest BCUT2D eigenvalue weighted by Crippen LogP contribution is 2.44. The average Bonchev–Trinajstić information content (AvgIpc) is 3.22. The number of fused-ring (bicyclic) bond motifs is 1. The molecule has 3 N–H and O–H groups in total. The van der Waals surface area contributed by atoms with Crippen LogP contribution in [0.2, 0.25) is 0 Å². The van der Waals surface area contributed by atoms with E-state index in [0.29, 0.717) is 29.0 Å². The molecule has 0 bridgehead atoms. The van der Waals surface area contributed by atoms with Gasteiger partial charge in [0.25, 0.3) is 0 Å². The van der Waals surface area contributed by atoms with Crippen molar-refractivity contribution in [2.75, 3.05) is 68.7 Å². The molecule has 0 spiro atoms. The number of hydrogen-bond acceptors (Lipinski definition) is 10. The molecule has 3 heterocycles. The maximum atomic E-state index is 6.46. The summed E-state index contributed by atoms with van der Waals surface area (Å²) in [6.07, 6.45) is 3.50. The van der Waals surface area contributed by atoms with Crippen LogP contribution in [0.1, 0.15) is 19.4 Å². The maximum absolute atomic E-state index is 6.46. The Morgan fingerprint density at radius 2 is 1.80 bits per heavy atom.